The largest absolute Gasteiger partial charge is 0.497 e. The Labute approximate surface area is 103 Å². The summed E-state index contributed by atoms with van der Waals surface area (Å²) in [6.45, 7) is 1.47. The molecule has 2 aromatic rings. The number of nitrogens with zero attached hydrogens (tertiary/aromatic N) is 1. The summed E-state index contributed by atoms with van der Waals surface area (Å²) in [6.07, 6.45) is 0.445. The van der Waals surface area contributed by atoms with Gasteiger partial charge in [0, 0.05) is 6.42 Å². The molecule has 18 heavy (non-hydrogen) atoms. The summed E-state index contributed by atoms with van der Waals surface area (Å²) in [7, 11) is 1.59. The maximum atomic E-state index is 13.1. The molecule has 1 N–H and O–H groups in total. The number of nitrogens with one attached hydrogen (secondary N) is 1. The number of halogens is 1. The fourth-order valence-electron chi connectivity index (χ4n) is 1.65. The number of aryl methyl sites for hydroxylation is 1. The molecule has 0 aliphatic rings. The van der Waals surface area contributed by atoms with Gasteiger partial charge in [0.15, 0.2) is 0 Å². The van der Waals surface area contributed by atoms with E-state index in [0.29, 0.717) is 12.2 Å². The zero-order valence-corrected chi connectivity index (χ0v) is 10.2. The van der Waals surface area contributed by atoms with Crippen molar-refractivity contribution in [2.24, 2.45) is 0 Å². The molecule has 1 aromatic carbocycles. The van der Waals surface area contributed by atoms with Crippen LogP contribution in [0, 0.1) is 12.7 Å². The first-order chi connectivity index (χ1) is 8.60. The smallest absolute Gasteiger partial charge is 0.287 e. The second-order valence-electron chi connectivity index (χ2n) is 3.94. The van der Waals surface area contributed by atoms with Crippen molar-refractivity contribution in [2.75, 3.05) is 7.11 Å². The molecule has 0 aliphatic heterocycles. The Balaban J connectivity index is 2.25. The van der Waals surface area contributed by atoms with Gasteiger partial charge in [-0.05, 0) is 24.6 Å². The van der Waals surface area contributed by atoms with Crippen LogP contribution in [0.25, 0.3) is 0 Å². The van der Waals surface area contributed by atoms with Gasteiger partial charge in [-0.1, -0.05) is 12.1 Å². The summed E-state index contributed by atoms with van der Waals surface area (Å²) in [5, 5.41) is 0. The fraction of sp³-hybridized carbons (Fsp3) is 0.231. The van der Waals surface area contributed by atoms with Gasteiger partial charge in [0.25, 0.3) is 5.56 Å². The highest BCUT2D eigenvalue weighted by Crippen LogP contribution is 2.13. The van der Waals surface area contributed by atoms with E-state index in [-0.39, 0.29) is 5.69 Å². The number of H-pyrrole nitrogens is 1. The van der Waals surface area contributed by atoms with Crippen LogP contribution in [0.4, 0.5) is 4.39 Å². The maximum Gasteiger partial charge on any atom is 0.287 e. The zero-order chi connectivity index (χ0) is 13.1. The molecule has 0 saturated carbocycles. The highest BCUT2D eigenvalue weighted by Gasteiger charge is 2.07. The third-order valence-corrected chi connectivity index (χ3v) is 2.61. The standard InChI is InChI=1S/C13H13FN2O2/c1-8-12(14)13(17)16-11(15-8)7-9-3-5-10(18-2)6-4-9/h3-6H,7H2,1-2H3,(H,15,16,17). The molecule has 4 nitrogen and oxygen atoms in total. The summed E-state index contributed by atoms with van der Waals surface area (Å²) >= 11 is 0. The SMILES string of the molecule is COc1ccc(Cc2nc(C)c(F)c(=O)[nH]2)cc1. The normalized spacial score (nSPS) is 10.4. The van der Waals surface area contributed by atoms with E-state index in [2.05, 4.69) is 9.97 Å². The first-order valence-corrected chi connectivity index (χ1v) is 5.48. The van der Waals surface area contributed by atoms with Crippen molar-refractivity contribution < 1.29 is 9.13 Å². The van der Waals surface area contributed by atoms with Crippen molar-refractivity contribution in [1.82, 2.24) is 9.97 Å². The van der Waals surface area contributed by atoms with Crippen LogP contribution in [0.1, 0.15) is 17.1 Å². The Kier molecular flexibility index (Phi) is 3.41. The first-order valence-electron chi connectivity index (χ1n) is 5.48. The number of ether oxygens (including phenoxy) is 1. The van der Waals surface area contributed by atoms with Crippen molar-refractivity contribution in [3.05, 3.63) is 57.5 Å². The van der Waals surface area contributed by atoms with E-state index in [1.807, 2.05) is 24.3 Å². The van der Waals surface area contributed by atoms with Crippen LogP contribution in [0.2, 0.25) is 0 Å². The van der Waals surface area contributed by atoms with Gasteiger partial charge >= 0.3 is 0 Å². The molecule has 0 radical (unpaired) electrons. The van der Waals surface area contributed by atoms with Crippen LogP contribution in [0.5, 0.6) is 5.75 Å². The number of hydrogen-bond acceptors (Lipinski definition) is 3. The molecular weight excluding hydrogens is 235 g/mol. The van der Waals surface area contributed by atoms with Crippen LogP contribution in [-0.4, -0.2) is 17.1 Å². The van der Waals surface area contributed by atoms with Gasteiger partial charge in [-0.15, -0.1) is 0 Å². The van der Waals surface area contributed by atoms with E-state index in [1.165, 1.54) is 6.92 Å². The highest BCUT2D eigenvalue weighted by molar-refractivity contribution is 5.28. The molecule has 0 saturated heterocycles. The van der Waals surface area contributed by atoms with Crippen LogP contribution in [0.3, 0.4) is 0 Å². The Bertz CT molecular complexity index is 605. The van der Waals surface area contributed by atoms with E-state index in [4.69, 9.17) is 4.74 Å². The monoisotopic (exact) mass is 248 g/mol. The molecule has 94 valence electrons. The lowest BCUT2D eigenvalue weighted by Gasteiger charge is -2.04. The number of methoxy groups -OCH3 is 1. The second-order valence-corrected chi connectivity index (χ2v) is 3.94. The lowest BCUT2D eigenvalue weighted by molar-refractivity contribution is 0.414. The van der Waals surface area contributed by atoms with Crippen molar-refractivity contribution >= 4 is 0 Å². The molecule has 0 aliphatic carbocycles. The molecule has 0 amide bonds. The van der Waals surface area contributed by atoms with E-state index in [1.54, 1.807) is 7.11 Å². The minimum absolute atomic E-state index is 0.113. The van der Waals surface area contributed by atoms with Gasteiger partial charge in [-0.3, -0.25) is 4.79 Å². The number of rotatable bonds is 3. The van der Waals surface area contributed by atoms with Gasteiger partial charge in [0.05, 0.1) is 12.8 Å². The van der Waals surface area contributed by atoms with Crippen LogP contribution >= 0.6 is 0 Å². The van der Waals surface area contributed by atoms with Crippen LogP contribution in [-0.2, 0) is 6.42 Å². The molecule has 1 aromatic heterocycles. The van der Waals surface area contributed by atoms with Gasteiger partial charge in [-0.2, -0.15) is 4.39 Å². The van der Waals surface area contributed by atoms with Gasteiger partial charge in [0.1, 0.15) is 11.6 Å². The third kappa shape index (κ3) is 2.56. The van der Waals surface area contributed by atoms with Crippen LogP contribution < -0.4 is 10.3 Å². The van der Waals surface area contributed by atoms with Crippen molar-refractivity contribution in [3.63, 3.8) is 0 Å². The van der Waals surface area contributed by atoms with Crippen molar-refractivity contribution in [2.45, 2.75) is 13.3 Å². The Morgan fingerprint density at radius 1 is 1.33 bits per heavy atom. The second kappa shape index (κ2) is 5.00. The summed E-state index contributed by atoms with van der Waals surface area (Å²) in [5.41, 5.74) is 0.346. The van der Waals surface area contributed by atoms with E-state index in [0.717, 1.165) is 11.3 Å². The fourth-order valence-corrected chi connectivity index (χ4v) is 1.65. The molecule has 1 heterocycles. The summed E-state index contributed by atoms with van der Waals surface area (Å²) < 4.78 is 18.2. The van der Waals surface area contributed by atoms with E-state index in [9.17, 15) is 9.18 Å². The average Bonchev–Trinajstić information content (AvgIpc) is 2.37. The predicted octanol–water partition coefficient (Wildman–Crippen LogP) is 1.82. The lowest BCUT2D eigenvalue weighted by Crippen LogP contribution is -2.17. The Morgan fingerprint density at radius 3 is 2.56 bits per heavy atom. The lowest BCUT2D eigenvalue weighted by atomic mass is 10.1. The topological polar surface area (TPSA) is 55.0 Å². The summed E-state index contributed by atoms with van der Waals surface area (Å²) in [5.74, 6) is 0.382. The summed E-state index contributed by atoms with van der Waals surface area (Å²) in [6, 6.07) is 7.39. The minimum atomic E-state index is -0.825. The quantitative estimate of drug-likeness (QED) is 0.901. The molecule has 0 spiro atoms. The number of aromatic nitrogens is 2. The van der Waals surface area contributed by atoms with E-state index < -0.39 is 11.4 Å². The van der Waals surface area contributed by atoms with Crippen LogP contribution in [0.15, 0.2) is 29.1 Å². The van der Waals surface area contributed by atoms with Gasteiger partial charge < -0.3 is 9.72 Å². The van der Waals surface area contributed by atoms with Gasteiger partial charge in [0.2, 0.25) is 5.82 Å². The molecule has 2 rings (SSSR count). The molecule has 0 bridgehead atoms. The minimum Gasteiger partial charge on any atom is -0.497 e. The number of aromatic amines is 1. The predicted molar refractivity (Wildman–Crippen MR) is 65.4 cm³/mol. The number of benzene rings is 1. The molecule has 5 heteroatoms. The van der Waals surface area contributed by atoms with Crippen molar-refractivity contribution in [3.8, 4) is 5.75 Å². The van der Waals surface area contributed by atoms with E-state index >= 15 is 0 Å². The maximum absolute atomic E-state index is 13.1. The van der Waals surface area contributed by atoms with Crippen molar-refractivity contribution in [1.29, 1.82) is 0 Å². The average molecular weight is 248 g/mol. The molecule has 0 atom stereocenters. The zero-order valence-electron chi connectivity index (χ0n) is 10.2. The highest BCUT2D eigenvalue weighted by atomic mass is 19.1. The molecule has 0 unspecified atom stereocenters. The summed E-state index contributed by atoms with van der Waals surface area (Å²) in [4.78, 5) is 17.7. The molecular formula is C13H13FN2O2. The Hall–Kier alpha value is -2.17. The van der Waals surface area contributed by atoms with Gasteiger partial charge in [-0.25, -0.2) is 4.98 Å². The first kappa shape index (κ1) is 12.3. The third-order valence-electron chi connectivity index (χ3n) is 2.61. The Morgan fingerprint density at radius 2 is 2.00 bits per heavy atom. The number of hydrogen-bond donors (Lipinski definition) is 1. The molecule has 0 fully saturated rings.